The Morgan fingerprint density at radius 3 is 2.79 bits per heavy atom. The zero-order valence-corrected chi connectivity index (χ0v) is 20.9. The Kier molecular flexibility index (Phi) is 12.9. The fourth-order valence-corrected chi connectivity index (χ4v) is 4.89. The van der Waals surface area contributed by atoms with Gasteiger partial charge in [0.05, 0.1) is 25.4 Å². The van der Waals surface area contributed by atoms with Crippen molar-refractivity contribution >= 4 is 17.6 Å². The first-order valence-electron chi connectivity index (χ1n) is 12.5. The maximum atomic E-state index is 11.4. The second-order valence-corrected chi connectivity index (χ2v) is 9.51. The van der Waals surface area contributed by atoms with Crippen molar-refractivity contribution in [3.63, 3.8) is 0 Å². The Morgan fingerprint density at radius 1 is 1.21 bits per heavy atom. The van der Waals surface area contributed by atoms with E-state index in [-0.39, 0.29) is 23.2 Å². The molecule has 2 rings (SSSR count). The van der Waals surface area contributed by atoms with Gasteiger partial charge >= 0.3 is 5.97 Å². The summed E-state index contributed by atoms with van der Waals surface area (Å²) < 4.78 is 11.0. The molecule has 5 atom stereocenters. The van der Waals surface area contributed by atoms with Crippen LogP contribution >= 0.6 is 11.6 Å². The van der Waals surface area contributed by atoms with Gasteiger partial charge in [0.2, 0.25) is 0 Å². The summed E-state index contributed by atoms with van der Waals surface area (Å²) in [6.07, 6.45) is 10.6. The maximum Gasteiger partial charge on any atom is 0.305 e. The van der Waals surface area contributed by atoms with Gasteiger partial charge in [-0.1, -0.05) is 50.5 Å². The second-order valence-electron chi connectivity index (χ2n) is 8.95. The van der Waals surface area contributed by atoms with Gasteiger partial charge in [0.1, 0.15) is 5.75 Å². The molecule has 1 fully saturated rings. The van der Waals surface area contributed by atoms with Crippen LogP contribution < -0.4 is 4.74 Å². The Balaban J connectivity index is 1.84. The van der Waals surface area contributed by atoms with Crippen LogP contribution in [0.2, 0.25) is 0 Å². The Bertz CT molecular complexity index is 722. The van der Waals surface area contributed by atoms with Crippen molar-refractivity contribution in [3.05, 3.63) is 42.0 Å². The largest absolute Gasteiger partial charge is 0.493 e. The highest BCUT2D eigenvalue weighted by molar-refractivity contribution is 6.21. The summed E-state index contributed by atoms with van der Waals surface area (Å²) in [6.45, 7) is 4.77. The maximum absolute atomic E-state index is 11.4. The zero-order valence-electron chi connectivity index (χ0n) is 20.1. The number of unbranched alkanes of at least 4 members (excludes halogenated alkanes) is 3. The Morgan fingerprint density at radius 2 is 2.03 bits per heavy atom. The predicted octanol–water partition coefficient (Wildman–Crippen LogP) is 5.96. The Hall–Kier alpha value is -1.56. The molecule has 5 nitrogen and oxygen atoms in total. The number of hydrogen-bond donors (Lipinski definition) is 2. The van der Waals surface area contributed by atoms with Crippen molar-refractivity contribution in [3.8, 4) is 5.75 Å². The van der Waals surface area contributed by atoms with Crippen LogP contribution in [0, 0.1) is 11.8 Å². The van der Waals surface area contributed by atoms with E-state index >= 15 is 0 Å². The van der Waals surface area contributed by atoms with E-state index in [9.17, 15) is 15.0 Å². The number of ether oxygens (including phenoxy) is 2. The minimum atomic E-state index is -0.488. The average Bonchev–Trinajstić information content (AvgIpc) is 3.07. The number of benzene rings is 1. The molecule has 1 aliphatic rings. The number of carbonyl (C=O) groups is 1. The van der Waals surface area contributed by atoms with E-state index < -0.39 is 12.2 Å². The number of carbonyl (C=O) groups excluding carboxylic acids is 1. The van der Waals surface area contributed by atoms with Gasteiger partial charge in [0.25, 0.3) is 0 Å². The molecule has 1 unspecified atom stereocenters. The number of aliphatic hydroxyl groups excluding tert-OH is 2. The standard InChI is InChI=1S/C27H41ClO5/c1-3-5-8-15-25(29)20-12-11-13-21(17-20)33-19-23-22(24(28)18-26(23)30)14-9-6-7-10-16-27(31)32-4-2/h6,9,11-13,17,22-26,29-30H,3-5,7-8,10,14-16,18-19H2,1-2H3/b9-6-/t22-,23-,24-,25?,26-/m1/s1. The fourth-order valence-electron chi connectivity index (χ4n) is 4.42. The lowest BCUT2D eigenvalue weighted by molar-refractivity contribution is -0.143. The number of aliphatic hydroxyl groups is 2. The van der Waals surface area contributed by atoms with E-state index in [4.69, 9.17) is 21.1 Å². The molecule has 0 radical (unpaired) electrons. The normalized spacial score (nSPS) is 23.7. The van der Waals surface area contributed by atoms with Gasteiger partial charge in [-0.2, -0.15) is 0 Å². The van der Waals surface area contributed by atoms with Crippen LogP contribution in [0.25, 0.3) is 0 Å². The van der Waals surface area contributed by atoms with Crippen LogP contribution in [0.15, 0.2) is 36.4 Å². The van der Waals surface area contributed by atoms with Crippen LogP contribution in [0.4, 0.5) is 0 Å². The van der Waals surface area contributed by atoms with Crippen molar-refractivity contribution in [2.45, 2.75) is 89.2 Å². The summed E-state index contributed by atoms with van der Waals surface area (Å²) in [7, 11) is 0. The molecule has 0 saturated heterocycles. The first-order chi connectivity index (χ1) is 16.0. The second kappa shape index (κ2) is 15.4. The molecular formula is C27H41ClO5. The smallest absolute Gasteiger partial charge is 0.305 e. The topological polar surface area (TPSA) is 76.0 Å². The summed E-state index contributed by atoms with van der Waals surface area (Å²) in [5.41, 5.74) is 0.869. The Labute approximate surface area is 204 Å². The molecule has 2 N–H and O–H groups in total. The van der Waals surface area contributed by atoms with Gasteiger partial charge in [0, 0.05) is 17.7 Å². The lowest BCUT2D eigenvalue weighted by Gasteiger charge is -2.23. The summed E-state index contributed by atoms with van der Waals surface area (Å²) in [4.78, 5) is 11.4. The van der Waals surface area contributed by atoms with E-state index in [0.29, 0.717) is 31.8 Å². The van der Waals surface area contributed by atoms with Gasteiger partial charge in [-0.25, -0.2) is 0 Å². The highest BCUT2D eigenvalue weighted by atomic mass is 35.5. The van der Waals surface area contributed by atoms with Crippen LogP contribution in [-0.2, 0) is 9.53 Å². The highest BCUT2D eigenvalue weighted by Gasteiger charge is 2.41. The third-order valence-electron chi connectivity index (χ3n) is 6.37. The van der Waals surface area contributed by atoms with E-state index in [1.165, 1.54) is 0 Å². The van der Waals surface area contributed by atoms with E-state index in [2.05, 4.69) is 19.1 Å². The minimum Gasteiger partial charge on any atom is -0.493 e. The number of alkyl halides is 1. The monoisotopic (exact) mass is 480 g/mol. The number of halogens is 1. The third-order valence-corrected chi connectivity index (χ3v) is 6.88. The quantitative estimate of drug-likeness (QED) is 0.140. The van der Waals surface area contributed by atoms with Gasteiger partial charge in [-0.05, 0) is 62.6 Å². The molecule has 1 saturated carbocycles. The molecule has 0 spiro atoms. The summed E-state index contributed by atoms with van der Waals surface area (Å²) in [5, 5.41) is 20.9. The molecule has 1 aromatic rings. The molecule has 1 aromatic carbocycles. The SMILES string of the molecule is CCCCCC(O)c1cccc(OC[C@@H]2[C@@H](C/C=C\CCCC(=O)OCC)[C@H](Cl)C[C@H]2O)c1. The van der Waals surface area contributed by atoms with Crippen molar-refractivity contribution in [2.24, 2.45) is 11.8 Å². The number of allylic oxidation sites excluding steroid dienone is 2. The van der Waals surface area contributed by atoms with Crippen molar-refractivity contribution in [2.75, 3.05) is 13.2 Å². The minimum absolute atomic E-state index is 0.0465. The van der Waals surface area contributed by atoms with Gasteiger partial charge in [-0.15, -0.1) is 11.6 Å². The third kappa shape index (κ3) is 9.68. The van der Waals surface area contributed by atoms with Gasteiger partial charge in [0.15, 0.2) is 0 Å². The number of rotatable bonds is 15. The first kappa shape index (κ1) is 27.7. The zero-order chi connectivity index (χ0) is 24.1. The predicted molar refractivity (Wildman–Crippen MR) is 133 cm³/mol. The fraction of sp³-hybridized carbons (Fsp3) is 0.667. The van der Waals surface area contributed by atoms with Gasteiger partial charge < -0.3 is 19.7 Å². The van der Waals surface area contributed by atoms with Crippen molar-refractivity contribution in [1.29, 1.82) is 0 Å². The first-order valence-corrected chi connectivity index (χ1v) is 12.9. The molecule has 0 amide bonds. The molecule has 0 bridgehead atoms. The lowest BCUT2D eigenvalue weighted by atomic mass is 9.92. The summed E-state index contributed by atoms with van der Waals surface area (Å²) >= 11 is 6.55. The summed E-state index contributed by atoms with van der Waals surface area (Å²) in [6, 6.07) is 7.62. The average molecular weight is 481 g/mol. The number of esters is 1. The van der Waals surface area contributed by atoms with E-state index in [1.54, 1.807) is 0 Å². The number of hydrogen-bond acceptors (Lipinski definition) is 5. The van der Waals surface area contributed by atoms with Crippen LogP contribution in [-0.4, -0.2) is 40.9 Å². The molecular weight excluding hydrogens is 440 g/mol. The molecule has 33 heavy (non-hydrogen) atoms. The molecule has 0 aromatic heterocycles. The molecule has 1 aliphatic carbocycles. The van der Waals surface area contributed by atoms with Gasteiger partial charge in [-0.3, -0.25) is 4.79 Å². The van der Waals surface area contributed by atoms with Crippen LogP contribution in [0.1, 0.15) is 83.3 Å². The van der Waals surface area contributed by atoms with Crippen molar-refractivity contribution in [1.82, 2.24) is 0 Å². The van der Waals surface area contributed by atoms with E-state index in [0.717, 1.165) is 50.5 Å². The van der Waals surface area contributed by atoms with Crippen LogP contribution in [0.5, 0.6) is 5.75 Å². The lowest BCUT2D eigenvalue weighted by Crippen LogP contribution is -2.27. The van der Waals surface area contributed by atoms with Crippen molar-refractivity contribution < 1.29 is 24.5 Å². The van der Waals surface area contributed by atoms with Crippen LogP contribution in [0.3, 0.4) is 0 Å². The summed E-state index contributed by atoms with van der Waals surface area (Å²) in [5.74, 6) is 0.640. The highest BCUT2D eigenvalue weighted by Crippen LogP contribution is 2.39. The molecule has 6 heteroatoms. The molecule has 0 aliphatic heterocycles. The molecule has 186 valence electrons. The molecule has 0 heterocycles. The van der Waals surface area contributed by atoms with E-state index in [1.807, 2.05) is 31.2 Å².